The smallest absolute Gasteiger partial charge is 0.323 e. The van der Waals surface area contributed by atoms with Gasteiger partial charge in [-0.1, -0.05) is 24.3 Å². The molecule has 0 fully saturated rings. The Morgan fingerprint density at radius 2 is 1.76 bits per heavy atom. The van der Waals surface area contributed by atoms with Crippen LogP contribution in [0, 0.1) is 12.7 Å². The Morgan fingerprint density at radius 1 is 1.00 bits per heavy atom. The molecular formula is C22H20FN3O3. The molecule has 3 aromatic rings. The Hall–Kier alpha value is -3.61. The van der Waals surface area contributed by atoms with Crippen molar-refractivity contribution in [2.45, 2.75) is 19.9 Å². The maximum atomic E-state index is 13.7. The molecule has 148 valence electrons. The number of carbonyl (C=O) groups excluding carboxylic acids is 2. The number of para-hydroxylation sites is 1. The molecule has 6 nitrogen and oxygen atoms in total. The molecule has 2 N–H and O–H groups in total. The molecule has 7 heteroatoms. The van der Waals surface area contributed by atoms with Crippen molar-refractivity contribution in [3.8, 4) is 0 Å². The molecule has 0 unspecified atom stereocenters. The van der Waals surface area contributed by atoms with Crippen LogP contribution < -0.4 is 10.6 Å². The molecule has 1 aliphatic heterocycles. The van der Waals surface area contributed by atoms with E-state index in [1.54, 1.807) is 42.2 Å². The first kappa shape index (κ1) is 18.7. The zero-order chi connectivity index (χ0) is 20.4. The van der Waals surface area contributed by atoms with E-state index >= 15 is 0 Å². The van der Waals surface area contributed by atoms with Gasteiger partial charge in [-0.15, -0.1) is 0 Å². The van der Waals surface area contributed by atoms with E-state index in [2.05, 4.69) is 10.6 Å². The predicted octanol–water partition coefficient (Wildman–Crippen LogP) is 4.57. The summed E-state index contributed by atoms with van der Waals surface area (Å²) in [6.07, 6.45) is 0.594. The molecule has 3 amide bonds. The monoisotopic (exact) mass is 393 g/mol. The third-order valence-electron chi connectivity index (χ3n) is 4.87. The van der Waals surface area contributed by atoms with Gasteiger partial charge in [-0.3, -0.25) is 4.79 Å². The van der Waals surface area contributed by atoms with Crippen molar-refractivity contribution in [1.29, 1.82) is 0 Å². The van der Waals surface area contributed by atoms with Gasteiger partial charge in [0.15, 0.2) is 5.76 Å². The minimum absolute atomic E-state index is 0.111. The molecule has 0 radical (unpaired) electrons. The maximum Gasteiger partial charge on any atom is 0.323 e. The van der Waals surface area contributed by atoms with Gasteiger partial charge in [-0.2, -0.15) is 0 Å². The van der Waals surface area contributed by atoms with Gasteiger partial charge in [-0.05, 0) is 54.8 Å². The van der Waals surface area contributed by atoms with Crippen LogP contribution in [-0.2, 0) is 13.0 Å². The van der Waals surface area contributed by atoms with E-state index in [4.69, 9.17) is 4.42 Å². The molecule has 0 spiro atoms. The van der Waals surface area contributed by atoms with Crippen molar-refractivity contribution < 1.29 is 18.4 Å². The van der Waals surface area contributed by atoms with E-state index in [1.165, 1.54) is 12.1 Å². The average Bonchev–Trinajstić information content (AvgIpc) is 3.15. The number of nitrogens with zero attached hydrogens (tertiary/aromatic N) is 1. The number of hydrogen-bond donors (Lipinski definition) is 2. The summed E-state index contributed by atoms with van der Waals surface area (Å²) in [5.41, 5.74) is 2.69. The first-order valence-electron chi connectivity index (χ1n) is 9.30. The Balaban J connectivity index is 1.47. The van der Waals surface area contributed by atoms with Crippen molar-refractivity contribution in [3.63, 3.8) is 0 Å². The summed E-state index contributed by atoms with van der Waals surface area (Å²) in [5, 5.41) is 5.30. The first-order valence-corrected chi connectivity index (χ1v) is 9.30. The normalized spacial score (nSPS) is 13.0. The number of anilines is 2. The van der Waals surface area contributed by atoms with Crippen molar-refractivity contribution in [3.05, 3.63) is 83.1 Å². The van der Waals surface area contributed by atoms with Crippen LogP contribution in [0.1, 0.15) is 27.4 Å². The molecule has 2 aromatic carbocycles. The number of furan rings is 1. The van der Waals surface area contributed by atoms with Crippen LogP contribution in [0.15, 0.2) is 59.0 Å². The molecule has 2 heterocycles. The highest BCUT2D eigenvalue weighted by molar-refractivity contribution is 6.00. The number of aryl methyl sites for hydroxylation is 1. The number of hydrogen-bond acceptors (Lipinski definition) is 3. The van der Waals surface area contributed by atoms with Gasteiger partial charge in [0.25, 0.3) is 5.91 Å². The Bertz CT molecular complexity index is 1080. The Labute approximate surface area is 167 Å². The van der Waals surface area contributed by atoms with Crippen LogP contribution in [0.5, 0.6) is 0 Å². The van der Waals surface area contributed by atoms with E-state index in [1.807, 2.05) is 12.1 Å². The molecule has 1 aromatic heterocycles. The summed E-state index contributed by atoms with van der Waals surface area (Å²) < 4.78 is 19.2. The average molecular weight is 393 g/mol. The van der Waals surface area contributed by atoms with Crippen molar-refractivity contribution in [1.82, 2.24) is 4.90 Å². The SMILES string of the molecule is Cc1ccc(C(=O)N2CCc3c(cccc3NC(=O)Nc3ccccc3F)C2)o1. The minimum Gasteiger partial charge on any atom is -0.456 e. The number of amides is 3. The number of rotatable bonds is 3. The number of halogens is 1. The number of nitrogens with one attached hydrogen (secondary N) is 2. The third-order valence-corrected chi connectivity index (χ3v) is 4.87. The zero-order valence-electron chi connectivity index (χ0n) is 15.9. The molecule has 0 aliphatic carbocycles. The molecule has 0 bridgehead atoms. The highest BCUT2D eigenvalue weighted by atomic mass is 19.1. The van der Waals surface area contributed by atoms with Crippen molar-refractivity contribution in [2.75, 3.05) is 17.2 Å². The highest BCUT2D eigenvalue weighted by Gasteiger charge is 2.25. The molecule has 1 aliphatic rings. The quantitative estimate of drug-likeness (QED) is 0.685. The van der Waals surface area contributed by atoms with Crippen LogP contribution in [-0.4, -0.2) is 23.4 Å². The van der Waals surface area contributed by atoms with E-state index in [0.29, 0.717) is 36.7 Å². The van der Waals surface area contributed by atoms with Gasteiger partial charge < -0.3 is 20.0 Å². The molecule has 0 saturated carbocycles. The van der Waals surface area contributed by atoms with Gasteiger partial charge in [0.2, 0.25) is 0 Å². The molecule has 4 rings (SSSR count). The van der Waals surface area contributed by atoms with Gasteiger partial charge in [0.05, 0.1) is 5.69 Å². The summed E-state index contributed by atoms with van der Waals surface area (Å²) in [4.78, 5) is 26.7. The summed E-state index contributed by atoms with van der Waals surface area (Å²) >= 11 is 0. The van der Waals surface area contributed by atoms with Crippen LogP contribution in [0.3, 0.4) is 0 Å². The van der Waals surface area contributed by atoms with Crippen LogP contribution >= 0.6 is 0 Å². The Morgan fingerprint density at radius 3 is 2.52 bits per heavy atom. The lowest BCUT2D eigenvalue weighted by Gasteiger charge is -2.29. The molecular weight excluding hydrogens is 373 g/mol. The van der Waals surface area contributed by atoms with Crippen molar-refractivity contribution >= 4 is 23.3 Å². The largest absolute Gasteiger partial charge is 0.456 e. The third kappa shape index (κ3) is 3.99. The number of carbonyl (C=O) groups is 2. The topological polar surface area (TPSA) is 74.6 Å². The fraction of sp³-hybridized carbons (Fsp3) is 0.182. The van der Waals surface area contributed by atoms with Gasteiger partial charge in [0.1, 0.15) is 11.6 Å². The van der Waals surface area contributed by atoms with E-state index in [0.717, 1.165) is 11.1 Å². The molecule has 0 saturated heterocycles. The Kier molecular flexibility index (Phi) is 5.03. The fourth-order valence-corrected chi connectivity index (χ4v) is 3.44. The highest BCUT2D eigenvalue weighted by Crippen LogP contribution is 2.27. The van der Waals surface area contributed by atoms with E-state index in [9.17, 15) is 14.0 Å². The standard InChI is InChI=1S/C22H20FN3O3/c1-14-9-10-20(29-14)21(27)26-12-11-16-15(13-26)5-4-8-18(16)24-22(28)25-19-7-3-2-6-17(19)23/h2-10H,11-13H2,1H3,(H2,24,25,28). The summed E-state index contributed by atoms with van der Waals surface area (Å²) in [7, 11) is 0. The predicted molar refractivity (Wildman–Crippen MR) is 107 cm³/mol. The zero-order valence-corrected chi connectivity index (χ0v) is 15.9. The van der Waals surface area contributed by atoms with Gasteiger partial charge >= 0.3 is 6.03 Å². The van der Waals surface area contributed by atoms with Crippen LogP contribution in [0.4, 0.5) is 20.6 Å². The van der Waals surface area contributed by atoms with Crippen LogP contribution in [0.2, 0.25) is 0 Å². The lowest BCUT2D eigenvalue weighted by molar-refractivity contribution is 0.0701. The lowest BCUT2D eigenvalue weighted by atomic mass is 9.97. The van der Waals surface area contributed by atoms with Gasteiger partial charge in [0, 0.05) is 18.8 Å². The van der Waals surface area contributed by atoms with Crippen LogP contribution in [0.25, 0.3) is 0 Å². The van der Waals surface area contributed by atoms with Crippen molar-refractivity contribution in [2.24, 2.45) is 0 Å². The summed E-state index contributed by atoms with van der Waals surface area (Å²) in [6, 6.07) is 14.5. The number of fused-ring (bicyclic) bond motifs is 1. The molecule has 29 heavy (non-hydrogen) atoms. The lowest BCUT2D eigenvalue weighted by Crippen LogP contribution is -2.36. The summed E-state index contributed by atoms with van der Waals surface area (Å²) in [5.74, 6) is 0.363. The maximum absolute atomic E-state index is 13.7. The minimum atomic E-state index is -0.520. The number of benzene rings is 2. The second kappa shape index (κ2) is 7.79. The first-order chi connectivity index (χ1) is 14.0. The number of urea groups is 1. The fourth-order valence-electron chi connectivity index (χ4n) is 3.44. The van der Waals surface area contributed by atoms with Gasteiger partial charge in [-0.25, -0.2) is 9.18 Å². The molecule has 0 atom stereocenters. The van der Waals surface area contributed by atoms with E-state index in [-0.39, 0.29) is 11.6 Å². The second-order valence-corrected chi connectivity index (χ2v) is 6.89. The van der Waals surface area contributed by atoms with E-state index < -0.39 is 11.8 Å². The second-order valence-electron chi connectivity index (χ2n) is 6.89. The summed E-state index contributed by atoms with van der Waals surface area (Å²) in [6.45, 7) is 2.74.